The zero-order valence-electron chi connectivity index (χ0n) is 41.8. The molecule has 4 heteroatoms. The maximum absolute atomic E-state index is 2.81. The molecule has 4 heterocycles. The highest BCUT2D eigenvalue weighted by atomic mass is 32.1. The number of anilines is 5. The second-order valence-corrected chi connectivity index (χ2v) is 24.1. The first kappa shape index (κ1) is 42.7. The zero-order valence-corrected chi connectivity index (χ0v) is 42.6. The van der Waals surface area contributed by atoms with Gasteiger partial charge in [-0.3, -0.25) is 0 Å². The van der Waals surface area contributed by atoms with Gasteiger partial charge in [0.15, 0.2) is 0 Å². The minimum atomic E-state index is -0.577. The van der Waals surface area contributed by atoms with Gasteiger partial charge in [0.2, 0.25) is 0 Å². The van der Waals surface area contributed by atoms with Gasteiger partial charge < -0.3 is 9.71 Å². The standard InChI is InChI=1S/C67H57BN2S/c1-64(2,3)46-34-35-56(49(39-46)42-22-11-8-12-23-42)69-62-47-29-18-17-24-43(47)38-50-48-30-21-32-53-61(48)70(57-33-20-19-31-52(57)67(53,44-25-13-9-14-26-44)45-27-15-10-16-28-45)68(59(50)62)60-51-40-54-55(41-58(51)71-63(60)69)66(6,7)37-36-65(54,4)5/h8-35,38-41H,36-37H2,1-7H3. The molecule has 71 heavy (non-hydrogen) atoms. The summed E-state index contributed by atoms with van der Waals surface area (Å²) in [5.41, 5.74) is 21.9. The van der Waals surface area contributed by atoms with Crippen LogP contribution < -0.4 is 20.6 Å². The van der Waals surface area contributed by atoms with Crippen LogP contribution in [0.15, 0.2) is 194 Å². The molecule has 4 aliphatic rings. The van der Waals surface area contributed by atoms with Crippen LogP contribution in [-0.4, -0.2) is 6.85 Å². The Morgan fingerprint density at radius 3 is 1.80 bits per heavy atom. The number of thiophene rings is 1. The van der Waals surface area contributed by atoms with Crippen molar-refractivity contribution in [2.45, 2.75) is 83.0 Å². The topological polar surface area (TPSA) is 6.48 Å². The fourth-order valence-corrected chi connectivity index (χ4v) is 14.8. The van der Waals surface area contributed by atoms with E-state index in [0.29, 0.717) is 0 Å². The molecule has 2 nitrogen and oxygen atoms in total. The lowest BCUT2D eigenvalue weighted by Gasteiger charge is -2.52. The van der Waals surface area contributed by atoms with Gasteiger partial charge >= 0.3 is 6.85 Å². The van der Waals surface area contributed by atoms with Crippen LogP contribution >= 0.6 is 11.3 Å². The molecule has 344 valence electrons. The third kappa shape index (κ3) is 5.89. The third-order valence-electron chi connectivity index (χ3n) is 17.1. The van der Waals surface area contributed by atoms with E-state index in [0.717, 1.165) is 6.42 Å². The van der Waals surface area contributed by atoms with Crippen molar-refractivity contribution in [2.24, 2.45) is 0 Å². The van der Waals surface area contributed by atoms with Gasteiger partial charge in [-0.25, -0.2) is 0 Å². The molecule has 0 spiro atoms. The third-order valence-corrected chi connectivity index (χ3v) is 18.3. The molecule has 0 fully saturated rings. The van der Waals surface area contributed by atoms with E-state index in [-0.39, 0.29) is 23.1 Å². The Bertz CT molecular complexity index is 3780. The van der Waals surface area contributed by atoms with E-state index in [2.05, 4.69) is 252 Å². The van der Waals surface area contributed by atoms with E-state index < -0.39 is 5.41 Å². The predicted molar refractivity (Wildman–Crippen MR) is 304 cm³/mol. The first-order valence-electron chi connectivity index (χ1n) is 25.7. The average Bonchev–Trinajstić information content (AvgIpc) is 3.77. The van der Waals surface area contributed by atoms with Gasteiger partial charge in [0.25, 0.3) is 0 Å². The number of hydrogen-bond donors (Lipinski definition) is 0. The normalized spacial score (nSPS) is 16.5. The van der Waals surface area contributed by atoms with Crippen LogP contribution in [0.5, 0.6) is 0 Å². The zero-order chi connectivity index (χ0) is 48.2. The molecule has 14 rings (SSSR count). The van der Waals surface area contributed by atoms with Gasteiger partial charge in [-0.05, 0) is 137 Å². The Kier molecular flexibility index (Phi) is 8.99. The highest BCUT2D eigenvalue weighted by molar-refractivity contribution is 7.26. The second kappa shape index (κ2) is 14.9. The number of hydrogen-bond acceptors (Lipinski definition) is 3. The first-order valence-corrected chi connectivity index (χ1v) is 26.5. The molecule has 0 radical (unpaired) electrons. The highest BCUT2D eigenvalue weighted by Crippen LogP contribution is 2.62. The van der Waals surface area contributed by atoms with E-state index >= 15 is 0 Å². The van der Waals surface area contributed by atoms with E-state index in [1.54, 1.807) is 0 Å². The minimum Gasteiger partial charge on any atom is -0.376 e. The summed E-state index contributed by atoms with van der Waals surface area (Å²) in [4.78, 5) is 5.53. The van der Waals surface area contributed by atoms with E-state index in [9.17, 15) is 0 Å². The van der Waals surface area contributed by atoms with Crippen LogP contribution in [0.1, 0.15) is 100 Å². The van der Waals surface area contributed by atoms with Crippen molar-refractivity contribution in [3.63, 3.8) is 0 Å². The van der Waals surface area contributed by atoms with Crippen molar-refractivity contribution in [1.29, 1.82) is 0 Å². The molecule has 1 aromatic heterocycles. The van der Waals surface area contributed by atoms with E-state index in [4.69, 9.17) is 0 Å². The number of fused-ring (bicyclic) bond motifs is 11. The van der Waals surface area contributed by atoms with Crippen LogP contribution in [0.3, 0.4) is 0 Å². The highest BCUT2D eigenvalue weighted by Gasteiger charge is 2.55. The molecule has 0 bridgehead atoms. The van der Waals surface area contributed by atoms with Crippen LogP contribution in [0.25, 0.3) is 43.1 Å². The number of rotatable bonds is 4. The predicted octanol–water partition coefficient (Wildman–Crippen LogP) is 16.8. The quantitative estimate of drug-likeness (QED) is 0.162. The number of para-hydroxylation sites is 2. The minimum absolute atomic E-state index is 0.0348. The summed E-state index contributed by atoms with van der Waals surface area (Å²) in [6.45, 7) is 16.8. The molecule has 9 aromatic carbocycles. The lowest BCUT2D eigenvalue weighted by molar-refractivity contribution is 0.332. The van der Waals surface area contributed by atoms with Crippen molar-refractivity contribution in [3.05, 3.63) is 233 Å². The first-order chi connectivity index (χ1) is 34.4. The molecule has 1 aliphatic carbocycles. The molecule has 0 saturated carbocycles. The summed E-state index contributed by atoms with van der Waals surface area (Å²) in [5.74, 6) is 0. The Morgan fingerprint density at radius 2 is 1.10 bits per heavy atom. The molecular formula is C67H57BN2S. The molecular weight excluding hydrogens is 876 g/mol. The van der Waals surface area contributed by atoms with Crippen LogP contribution in [0, 0.1) is 0 Å². The molecule has 0 saturated heterocycles. The maximum Gasteiger partial charge on any atom is 0.334 e. The average molecular weight is 933 g/mol. The molecule has 10 aromatic rings. The van der Waals surface area contributed by atoms with Crippen LogP contribution in [0.4, 0.5) is 27.8 Å². The smallest absolute Gasteiger partial charge is 0.334 e. The van der Waals surface area contributed by atoms with E-state index in [1.807, 2.05) is 11.3 Å². The Labute approximate surface area is 423 Å². The SMILES string of the molecule is CC(C)(C)c1ccc(N2c3sc4cc5c(cc4c3B3c4c(cc6ccccc6c42)-c2cccc4c2N3c2ccccc2C4(c2ccccc2)c2ccccc2)C(C)(C)CCC5(C)C)c(-c2ccccc2)c1. The van der Waals surface area contributed by atoms with Crippen molar-refractivity contribution in [2.75, 3.05) is 9.71 Å². The number of benzene rings is 9. The monoisotopic (exact) mass is 932 g/mol. The Morgan fingerprint density at radius 1 is 0.479 bits per heavy atom. The molecule has 0 amide bonds. The van der Waals surface area contributed by atoms with Gasteiger partial charge in [0.05, 0.1) is 21.8 Å². The Balaban J connectivity index is 1.18. The lowest BCUT2D eigenvalue weighted by atomic mass is 9.42. The van der Waals surface area contributed by atoms with Crippen molar-refractivity contribution in [3.8, 4) is 22.3 Å². The summed E-state index contributed by atoms with van der Waals surface area (Å²) >= 11 is 2.00. The van der Waals surface area contributed by atoms with Crippen molar-refractivity contribution < 1.29 is 0 Å². The maximum atomic E-state index is 2.81. The summed E-state index contributed by atoms with van der Waals surface area (Å²) in [6.07, 6.45) is 2.34. The summed E-state index contributed by atoms with van der Waals surface area (Å²) < 4.78 is 1.36. The van der Waals surface area contributed by atoms with Crippen molar-refractivity contribution >= 4 is 77.7 Å². The van der Waals surface area contributed by atoms with Crippen LogP contribution in [-0.2, 0) is 21.7 Å². The van der Waals surface area contributed by atoms with Gasteiger partial charge in [-0.15, -0.1) is 11.3 Å². The fourth-order valence-electron chi connectivity index (χ4n) is 13.5. The summed E-state index contributed by atoms with van der Waals surface area (Å²) in [6, 6.07) is 74.7. The molecule has 0 N–H and O–H groups in total. The fraction of sp³-hybridized carbons (Fsp3) is 0.194. The van der Waals surface area contributed by atoms with E-state index in [1.165, 1.54) is 127 Å². The molecule has 3 aliphatic heterocycles. The van der Waals surface area contributed by atoms with Crippen molar-refractivity contribution in [1.82, 2.24) is 0 Å². The summed E-state index contributed by atoms with van der Waals surface area (Å²) in [5, 5.41) is 5.21. The molecule has 0 atom stereocenters. The Hall–Kier alpha value is -7.14. The van der Waals surface area contributed by atoms with Crippen LogP contribution in [0.2, 0.25) is 0 Å². The van der Waals surface area contributed by atoms with Gasteiger partial charge in [-0.2, -0.15) is 0 Å². The van der Waals surface area contributed by atoms with Gasteiger partial charge in [-0.1, -0.05) is 206 Å². The van der Waals surface area contributed by atoms with Gasteiger partial charge in [0, 0.05) is 32.6 Å². The largest absolute Gasteiger partial charge is 0.376 e. The molecule has 0 unspecified atom stereocenters. The second-order valence-electron chi connectivity index (χ2n) is 23.0. The summed E-state index contributed by atoms with van der Waals surface area (Å²) in [7, 11) is 0. The lowest BCUT2D eigenvalue weighted by Crippen LogP contribution is -2.63. The van der Waals surface area contributed by atoms with Gasteiger partial charge in [0.1, 0.15) is 0 Å². The number of nitrogens with zero attached hydrogens (tertiary/aromatic N) is 2.